The highest BCUT2D eigenvalue weighted by molar-refractivity contribution is 7.99. The summed E-state index contributed by atoms with van der Waals surface area (Å²) in [4.78, 5) is 12.5. The molecule has 0 aliphatic rings. The molecule has 7 heteroatoms. The average Bonchev–Trinajstić information content (AvgIpc) is 3.09. The van der Waals surface area contributed by atoms with E-state index in [0.717, 1.165) is 5.56 Å². The van der Waals surface area contributed by atoms with Crippen LogP contribution in [0.3, 0.4) is 0 Å². The summed E-state index contributed by atoms with van der Waals surface area (Å²) in [6.45, 7) is 0.142. The van der Waals surface area contributed by atoms with E-state index in [9.17, 15) is 13.6 Å². The van der Waals surface area contributed by atoms with Crippen LogP contribution in [0.5, 0.6) is 0 Å². The van der Waals surface area contributed by atoms with Crippen molar-refractivity contribution in [2.24, 2.45) is 0 Å². The molecule has 4 nitrogen and oxygen atoms in total. The van der Waals surface area contributed by atoms with E-state index in [2.05, 4.69) is 10.5 Å². The van der Waals surface area contributed by atoms with E-state index in [1.54, 1.807) is 18.2 Å². The Morgan fingerprint density at radius 1 is 1.12 bits per heavy atom. The molecule has 0 aliphatic heterocycles. The van der Waals surface area contributed by atoms with Crippen molar-refractivity contribution in [3.63, 3.8) is 0 Å². The molecule has 0 saturated carbocycles. The molecular formula is C18H14F2N2O2S. The number of aromatic nitrogens is 1. The quantitative estimate of drug-likeness (QED) is 0.654. The number of hydrogen-bond acceptors (Lipinski definition) is 4. The molecule has 2 aromatic carbocycles. The summed E-state index contributed by atoms with van der Waals surface area (Å²) >= 11 is 0.348. The minimum Gasteiger partial charge on any atom is -0.356 e. The van der Waals surface area contributed by atoms with Gasteiger partial charge in [-0.1, -0.05) is 59.4 Å². The number of benzene rings is 2. The van der Waals surface area contributed by atoms with E-state index in [1.165, 1.54) is 12.1 Å². The SMILES string of the molecule is O=C(NCc1cc(-c2ccccc2)on1)c1ccccc1SC(F)F. The highest BCUT2D eigenvalue weighted by Crippen LogP contribution is 2.28. The highest BCUT2D eigenvalue weighted by Gasteiger charge is 2.15. The van der Waals surface area contributed by atoms with Gasteiger partial charge >= 0.3 is 0 Å². The molecule has 0 radical (unpaired) electrons. The molecule has 0 saturated heterocycles. The average molecular weight is 360 g/mol. The first kappa shape index (κ1) is 17.2. The van der Waals surface area contributed by atoms with E-state index in [4.69, 9.17) is 4.52 Å². The van der Waals surface area contributed by atoms with E-state index in [-0.39, 0.29) is 17.0 Å². The van der Waals surface area contributed by atoms with Gasteiger partial charge in [0.2, 0.25) is 0 Å². The Balaban J connectivity index is 1.66. The topological polar surface area (TPSA) is 55.1 Å². The minimum absolute atomic E-state index is 0.142. The molecule has 1 N–H and O–H groups in total. The smallest absolute Gasteiger partial charge is 0.288 e. The number of amides is 1. The van der Waals surface area contributed by atoms with Gasteiger partial charge in [0.1, 0.15) is 5.69 Å². The molecule has 0 bridgehead atoms. The first-order chi connectivity index (χ1) is 12.1. The Labute approximate surface area is 147 Å². The zero-order chi connectivity index (χ0) is 17.6. The molecule has 3 rings (SSSR count). The van der Waals surface area contributed by atoms with Gasteiger partial charge in [-0.3, -0.25) is 4.79 Å². The minimum atomic E-state index is -2.59. The van der Waals surface area contributed by atoms with Crippen LogP contribution in [0, 0.1) is 0 Å². The number of halogens is 2. The lowest BCUT2D eigenvalue weighted by Crippen LogP contribution is -2.23. The van der Waals surface area contributed by atoms with Gasteiger partial charge in [0.05, 0.1) is 12.1 Å². The lowest BCUT2D eigenvalue weighted by molar-refractivity contribution is 0.0947. The maximum absolute atomic E-state index is 12.6. The zero-order valence-electron chi connectivity index (χ0n) is 13.0. The second-order valence-corrected chi connectivity index (χ2v) is 6.14. The summed E-state index contributed by atoms with van der Waals surface area (Å²) in [5, 5.41) is 6.59. The van der Waals surface area contributed by atoms with Crippen LogP contribution >= 0.6 is 11.8 Å². The van der Waals surface area contributed by atoms with Gasteiger partial charge in [0.15, 0.2) is 5.76 Å². The van der Waals surface area contributed by atoms with Gasteiger partial charge in [0.25, 0.3) is 11.7 Å². The fourth-order valence-electron chi connectivity index (χ4n) is 2.25. The molecule has 0 atom stereocenters. The maximum atomic E-state index is 12.6. The van der Waals surface area contributed by atoms with E-state index in [1.807, 2.05) is 30.3 Å². The van der Waals surface area contributed by atoms with Crippen LogP contribution in [0.1, 0.15) is 16.1 Å². The normalized spacial score (nSPS) is 10.8. The summed E-state index contributed by atoms with van der Waals surface area (Å²) in [6.07, 6.45) is 0. The number of alkyl halides is 2. The molecule has 0 fully saturated rings. The Bertz CT molecular complexity index is 853. The third-order valence-electron chi connectivity index (χ3n) is 3.40. The van der Waals surface area contributed by atoms with Crippen molar-refractivity contribution < 1.29 is 18.1 Å². The lowest BCUT2D eigenvalue weighted by Gasteiger charge is -2.08. The van der Waals surface area contributed by atoms with Crippen molar-refractivity contribution >= 4 is 17.7 Å². The molecule has 1 amide bonds. The van der Waals surface area contributed by atoms with Crippen molar-refractivity contribution in [2.75, 3.05) is 0 Å². The van der Waals surface area contributed by atoms with Crippen LogP contribution in [0.4, 0.5) is 8.78 Å². The van der Waals surface area contributed by atoms with Crippen LogP contribution in [-0.2, 0) is 6.54 Å². The van der Waals surface area contributed by atoms with Gasteiger partial charge in [-0.25, -0.2) is 0 Å². The van der Waals surface area contributed by atoms with E-state index < -0.39 is 11.7 Å². The van der Waals surface area contributed by atoms with Crippen molar-refractivity contribution in [1.29, 1.82) is 0 Å². The fraction of sp³-hybridized carbons (Fsp3) is 0.111. The largest absolute Gasteiger partial charge is 0.356 e. The summed E-state index contributed by atoms with van der Waals surface area (Å²) in [7, 11) is 0. The summed E-state index contributed by atoms with van der Waals surface area (Å²) in [5.74, 6) is -2.43. The van der Waals surface area contributed by atoms with Crippen molar-refractivity contribution in [3.05, 3.63) is 71.9 Å². The van der Waals surface area contributed by atoms with Crippen molar-refractivity contribution in [3.8, 4) is 11.3 Å². The van der Waals surface area contributed by atoms with Gasteiger partial charge < -0.3 is 9.84 Å². The third-order valence-corrected chi connectivity index (χ3v) is 4.18. The van der Waals surface area contributed by atoms with Crippen LogP contribution in [0.15, 0.2) is 70.1 Å². The molecule has 0 aliphatic carbocycles. The van der Waals surface area contributed by atoms with E-state index in [0.29, 0.717) is 23.2 Å². The van der Waals surface area contributed by atoms with Crippen molar-refractivity contribution in [1.82, 2.24) is 10.5 Å². The number of carbonyl (C=O) groups is 1. The third kappa shape index (κ3) is 4.45. The van der Waals surface area contributed by atoms with Crippen LogP contribution in [-0.4, -0.2) is 16.8 Å². The maximum Gasteiger partial charge on any atom is 0.288 e. The lowest BCUT2D eigenvalue weighted by atomic mass is 10.1. The summed E-state index contributed by atoms with van der Waals surface area (Å²) < 4.78 is 30.4. The number of rotatable bonds is 6. The van der Waals surface area contributed by atoms with Crippen LogP contribution in [0.2, 0.25) is 0 Å². The molecular weight excluding hydrogens is 346 g/mol. The predicted molar refractivity (Wildman–Crippen MR) is 91.4 cm³/mol. The Morgan fingerprint density at radius 3 is 2.60 bits per heavy atom. The molecule has 3 aromatic rings. The number of hydrogen-bond donors (Lipinski definition) is 1. The molecule has 25 heavy (non-hydrogen) atoms. The summed E-state index contributed by atoms with van der Waals surface area (Å²) in [6, 6.07) is 17.4. The number of carbonyl (C=O) groups excluding carboxylic acids is 1. The standard InChI is InChI=1S/C18H14F2N2O2S/c19-18(20)25-16-9-5-4-8-14(16)17(23)21-11-13-10-15(24-22-13)12-6-2-1-3-7-12/h1-10,18H,11H2,(H,21,23). The highest BCUT2D eigenvalue weighted by atomic mass is 32.2. The second-order valence-electron chi connectivity index (χ2n) is 5.11. The van der Waals surface area contributed by atoms with Crippen molar-refractivity contribution in [2.45, 2.75) is 17.2 Å². The fourth-order valence-corrected chi connectivity index (χ4v) is 2.89. The number of nitrogens with one attached hydrogen (secondary N) is 1. The second kappa shape index (κ2) is 7.94. The Kier molecular flexibility index (Phi) is 5.45. The van der Waals surface area contributed by atoms with Crippen LogP contribution in [0.25, 0.3) is 11.3 Å². The van der Waals surface area contributed by atoms with E-state index >= 15 is 0 Å². The molecule has 0 unspecified atom stereocenters. The zero-order valence-corrected chi connectivity index (χ0v) is 13.8. The molecule has 0 spiro atoms. The van der Waals surface area contributed by atoms with Gasteiger partial charge in [-0.2, -0.15) is 8.78 Å². The van der Waals surface area contributed by atoms with Gasteiger partial charge in [0, 0.05) is 16.5 Å². The monoisotopic (exact) mass is 360 g/mol. The first-order valence-corrected chi connectivity index (χ1v) is 8.34. The first-order valence-electron chi connectivity index (χ1n) is 7.46. The van der Waals surface area contributed by atoms with Crippen LogP contribution < -0.4 is 5.32 Å². The number of thioether (sulfide) groups is 1. The molecule has 1 heterocycles. The van der Waals surface area contributed by atoms with Gasteiger partial charge in [-0.05, 0) is 12.1 Å². The van der Waals surface area contributed by atoms with Gasteiger partial charge in [-0.15, -0.1) is 0 Å². The predicted octanol–water partition coefficient (Wildman–Crippen LogP) is 4.59. The Hall–Kier alpha value is -2.67. The molecule has 128 valence electrons. The Morgan fingerprint density at radius 2 is 1.84 bits per heavy atom. The summed E-state index contributed by atoms with van der Waals surface area (Å²) in [5.41, 5.74) is 1.64. The molecule has 1 aromatic heterocycles. The number of nitrogens with zero attached hydrogens (tertiary/aromatic N) is 1.